The Morgan fingerprint density at radius 1 is 1.42 bits per heavy atom. The number of hydrogen-bond donors (Lipinski definition) is 0. The molecule has 1 fully saturated rings. The van der Waals surface area contributed by atoms with Crippen LogP contribution in [0.15, 0.2) is 18.2 Å². The van der Waals surface area contributed by atoms with Gasteiger partial charge < -0.3 is 4.90 Å². The van der Waals surface area contributed by atoms with Gasteiger partial charge in [0.2, 0.25) is 0 Å². The van der Waals surface area contributed by atoms with E-state index < -0.39 is 0 Å². The van der Waals surface area contributed by atoms with Gasteiger partial charge >= 0.3 is 0 Å². The van der Waals surface area contributed by atoms with Crippen LogP contribution in [-0.2, 0) is 5.33 Å². The normalized spacial score (nSPS) is 18.7. The minimum atomic E-state index is 0.345. The molecule has 0 atom stereocenters. The molecule has 0 bridgehead atoms. The van der Waals surface area contributed by atoms with E-state index in [1.54, 1.807) is 0 Å². The van der Waals surface area contributed by atoms with Crippen LogP contribution in [0.3, 0.4) is 0 Å². The Bertz CT molecular complexity index is 493. The summed E-state index contributed by atoms with van der Waals surface area (Å²) in [6, 6.07) is 8.53. The summed E-state index contributed by atoms with van der Waals surface area (Å²) in [6.07, 6.45) is 1.16. The van der Waals surface area contributed by atoms with E-state index in [0.29, 0.717) is 4.75 Å². The summed E-state index contributed by atoms with van der Waals surface area (Å²) in [7, 11) is 0. The quantitative estimate of drug-likeness (QED) is 0.757. The standard InChI is InChI=1S/C15H19BrN2S/c1-15(2)5-6-18(7-8-19-15)14-4-3-12(10-16)9-13(14)11-17/h3-4,9H,5-8,10H2,1-2H3. The van der Waals surface area contributed by atoms with Gasteiger partial charge in [0.25, 0.3) is 0 Å². The average molecular weight is 339 g/mol. The van der Waals surface area contributed by atoms with E-state index >= 15 is 0 Å². The highest BCUT2D eigenvalue weighted by Crippen LogP contribution is 2.33. The Morgan fingerprint density at radius 2 is 2.21 bits per heavy atom. The fraction of sp³-hybridized carbons (Fsp3) is 0.533. The number of halogens is 1. The van der Waals surface area contributed by atoms with Crippen molar-refractivity contribution >= 4 is 33.4 Å². The maximum absolute atomic E-state index is 9.34. The molecule has 1 aliphatic rings. The summed E-state index contributed by atoms with van der Waals surface area (Å²) in [5.41, 5.74) is 3.04. The third-order valence-electron chi connectivity index (χ3n) is 3.51. The second-order valence-electron chi connectivity index (χ2n) is 5.44. The van der Waals surface area contributed by atoms with Gasteiger partial charge in [-0.05, 0) is 24.1 Å². The van der Waals surface area contributed by atoms with Gasteiger partial charge in [-0.25, -0.2) is 0 Å². The Morgan fingerprint density at radius 3 is 2.89 bits per heavy atom. The third-order valence-corrected chi connectivity index (χ3v) is 5.53. The highest BCUT2D eigenvalue weighted by atomic mass is 79.9. The Hall–Kier alpha value is -0.660. The molecule has 1 aromatic rings. The second-order valence-corrected chi connectivity index (χ2v) is 7.80. The molecule has 0 spiro atoms. The van der Waals surface area contributed by atoms with Crippen molar-refractivity contribution in [3.63, 3.8) is 0 Å². The maximum Gasteiger partial charge on any atom is 0.101 e. The van der Waals surface area contributed by atoms with Crippen LogP contribution in [0.1, 0.15) is 31.4 Å². The van der Waals surface area contributed by atoms with E-state index in [1.807, 2.05) is 17.8 Å². The van der Waals surface area contributed by atoms with E-state index in [2.05, 4.69) is 52.9 Å². The molecule has 0 radical (unpaired) electrons. The van der Waals surface area contributed by atoms with Gasteiger partial charge in [0.15, 0.2) is 0 Å². The van der Waals surface area contributed by atoms with E-state index in [4.69, 9.17) is 0 Å². The molecule has 1 aliphatic heterocycles. The average Bonchev–Trinajstić information content (AvgIpc) is 2.59. The molecule has 1 saturated heterocycles. The number of rotatable bonds is 2. The zero-order valence-electron chi connectivity index (χ0n) is 11.4. The van der Waals surface area contributed by atoms with Crippen molar-refractivity contribution in [3.8, 4) is 6.07 Å². The van der Waals surface area contributed by atoms with E-state index in [1.165, 1.54) is 0 Å². The predicted octanol–water partition coefficient (Wildman–Crippen LogP) is 4.18. The topological polar surface area (TPSA) is 27.0 Å². The van der Waals surface area contributed by atoms with Crippen LogP contribution in [-0.4, -0.2) is 23.6 Å². The Kier molecular flexibility index (Phi) is 4.81. The molecule has 0 saturated carbocycles. The Labute approximate surface area is 128 Å². The molecule has 2 rings (SSSR count). The SMILES string of the molecule is CC1(C)CCN(c2ccc(CBr)cc2C#N)CCS1. The van der Waals surface area contributed by atoms with Crippen LogP contribution < -0.4 is 4.90 Å². The van der Waals surface area contributed by atoms with Crippen molar-refractivity contribution in [2.75, 3.05) is 23.7 Å². The highest BCUT2D eigenvalue weighted by Gasteiger charge is 2.24. The molecule has 19 heavy (non-hydrogen) atoms. The first-order valence-corrected chi connectivity index (χ1v) is 8.64. The lowest BCUT2D eigenvalue weighted by Crippen LogP contribution is -2.27. The summed E-state index contributed by atoms with van der Waals surface area (Å²) >= 11 is 5.47. The van der Waals surface area contributed by atoms with Gasteiger partial charge in [0, 0.05) is 28.9 Å². The molecule has 1 aromatic carbocycles. The minimum absolute atomic E-state index is 0.345. The van der Waals surface area contributed by atoms with Crippen molar-refractivity contribution in [1.82, 2.24) is 0 Å². The monoisotopic (exact) mass is 338 g/mol. The number of nitriles is 1. The molecule has 1 heterocycles. The van der Waals surface area contributed by atoms with Crippen molar-refractivity contribution in [1.29, 1.82) is 5.26 Å². The number of alkyl halides is 1. The molecule has 0 amide bonds. The molecule has 0 aromatic heterocycles. The number of benzene rings is 1. The number of nitrogens with zero attached hydrogens (tertiary/aromatic N) is 2. The lowest BCUT2D eigenvalue weighted by atomic mass is 10.1. The van der Waals surface area contributed by atoms with Crippen LogP contribution in [0.25, 0.3) is 0 Å². The van der Waals surface area contributed by atoms with E-state index in [-0.39, 0.29) is 0 Å². The second kappa shape index (κ2) is 6.19. The molecule has 0 aliphatic carbocycles. The van der Waals surface area contributed by atoms with Crippen LogP contribution in [0.5, 0.6) is 0 Å². The fourth-order valence-corrected chi connectivity index (χ4v) is 3.74. The minimum Gasteiger partial charge on any atom is -0.370 e. The summed E-state index contributed by atoms with van der Waals surface area (Å²) in [5.74, 6) is 1.12. The molecule has 4 heteroatoms. The van der Waals surface area contributed by atoms with Gasteiger partial charge in [-0.15, -0.1) is 0 Å². The van der Waals surface area contributed by atoms with Crippen molar-refractivity contribution in [2.24, 2.45) is 0 Å². The van der Waals surface area contributed by atoms with E-state index in [0.717, 1.165) is 47.4 Å². The molecule has 102 valence electrons. The van der Waals surface area contributed by atoms with Gasteiger partial charge in [0.05, 0.1) is 11.3 Å². The molecular formula is C15H19BrN2S. The molecule has 0 N–H and O–H groups in total. The Balaban J connectivity index is 2.24. The van der Waals surface area contributed by atoms with Crippen molar-refractivity contribution in [2.45, 2.75) is 30.3 Å². The van der Waals surface area contributed by atoms with Crippen LogP contribution in [0.2, 0.25) is 0 Å². The van der Waals surface area contributed by atoms with Crippen molar-refractivity contribution in [3.05, 3.63) is 29.3 Å². The van der Waals surface area contributed by atoms with Gasteiger partial charge in [-0.2, -0.15) is 17.0 Å². The zero-order valence-corrected chi connectivity index (χ0v) is 13.9. The van der Waals surface area contributed by atoms with Crippen LogP contribution in [0, 0.1) is 11.3 Å². The summed E-state index contributed by atoms with van der Waals surface area (Å²) in [6.45, 7) is 6.67. The molecule has 2 nitrogen and oxygen atoms in total. The van der Waals surface area contributed by atoms with E-state index in [9.17, 15) is 5.26 Å². The first kappa shape index (κ1) is 14.7. The molecular weight excluding hydrogens is 320 g/mol. The number of thioether (sulfide) groups is 1. The summed E-state index contributed by atoms with van der Waals surface area (Å²) in [5, 5.41) is 10.1. The van der Waals surface area contributed by atoms with Crippen LogP contribution >= 0.6 is 27.7 Å². The fourth-order valence-electron chi connectivity index (χ4n) is 2.29. The van der Waals surface area contributed by atoms with Gasteiger partial charge in [0.1, 0.15) is 6.07 Å². The molecule has 0 unspecified atom stereocenters. The first-order chi connectivity index (χ1) is 9.05. The largest absolute Gasteiger partial charge is 0.370 e. The summed E-state index contributed by atoms with van der Waals surface area (Å²) in [4.78, 5) is 2.36. The van der Waals surface area contributed by atoms with Crippen LogP contribution in [0.4, 0.5) is 5.69 Å². The third kappa shape index (κ3) is 3.67. The first-order valence-electron chi connectivity index (χ1n) is 6.53. The predicted molar refractivity (Wildman–Crippen MR) is 87.2 cm³/mol. The van der Waals surface area contributed by atoms with Gasteiger partial charge in [-0.3, -0.25) is 0 Å². The number of anilines is 1. The van der Waals surface area contributed by atoms with Crippen molar-refractivity contribution < 1.29 is 0 Å². The maximum atomic E-state index is 9.34. The smallest absolute Gasteiger partial charge is 0.101 e. The zero-order chi connectivity index (χ0) is 13.9. The highest BCUT2D eigenvalue weighted by molar-refractivity contribution is 9.08. The number of hydrogen-bond acceptors (Lipinski definition) is 3. The van der Waals surface area contributed by atoms with Gasteiger partial charge in [-0.1, -0.05) is 35.8 Å². The lowest BCUT2D eigenvalue weighted by Gasteiger charge is -2.25. The lowest BCUT2D eigenvalue weighted by molar-refractivity contribution is 0.637. The summed E-state index contributed by atoms with van der Waals surface area (Å²) < 4.78 is 0.345.